The fourth-order valence-electron chi connectivity index (χ4n) is 4.20. The van der Waals surface area contributed by atoms with Gasteiger partial charge in [-0.1, -0.05) is 19.3 Å². The molecule has 156 valence electrons. The Labute approximate surface area is 172 Å². The minimum absolute atomic E-state index is 0.0844. The number of nitrogens with one attached hydrogen (secondary N) is 2. The highest BCUT2D eigenvalue weighted by atomic mass is 16.5. The van der Waals surface area contributed by atoms with Crippen molar-refractivity contribution in [3.8, 4) is 5.75 Å². The van der Waals surface area contributed by atoms with E-state index in [1.165, 1.54) is 32.1 Å². The largest absolute Gasteiger partial charge is 0.497 e. The van der Waals surface area contributed by atoms with Gasteiger partial charge in [0.2, 0.25) is 0 Å². The van der Waals surface area contributed by atoms with Crippen LogP contribution in [0.4, 0.5) is 0 Å². The summed E-state index contributed by atoms with van der Waals surface area (Å²) in [4.78, 5) is 24.8. The lowest BCUT2D eigenvalue weighted by molar-refractivity contribution is 0.0927. The molecule has 1 fully saturated rings. The third-order valence-electron chi connectivity index (χ3n) is 5.72. The Morgan fingerprint density at radius 1 is 1.00 bits per heavy atom. The van der Waals surface area contributed by atoms with Gasteiger partial charge in [-0.15, -0.1) is 0 Å². The van der Waals surface area contributed by atoms with Crippen molar-refractivity contribution in [2.24, 2.45) is 0 Å². The predicted molar refractivity (Wildman–Crippen MR) is 114 cm³/mol. The minimum Gasteiger partial charge on any atom is -0.497 e. The summed E-state index contributed by atoms with van der Waals surface area (Å²) in [6.45, 7) is 4.86. The van der Waals surface area contributed by atoms with Crippen molar-refractivity contribution in [1.82, 2.24) is 15.2 Å². The Kier molecular flexibility index (Phi) is 6.96. The number of hydrogen-bond donors (Lipinski definition) is 2. The summed E-state index contributed by atoms with van der Waals surface area (Å²) in [5.74, 6) is 0.455. The normalized spacial score (nSPS) is 14.4. The summed E-state index contributed by atoms with van der Waals surface area (Å²) >= 11 is 0. The van der Waals surface area contributed by atoms with Gasteiger partial charge in [-0.2, -0.15) is 0 Å². The lowest BCUT2D eigenvalue weighted by Gasteiger charge is -2.26. The summed E-state index contributed by atoms with van der Waals surface area (Å²) in [6, 6.07) is 9.42. The van der Waals surface area contributed by atoms with Gasteiger partial charge in [-0.3, -0.25) is 9.59 Å². The van der Waals surface area contributed by atoms with E-state index in [9.17, 15) is 9.59 Å². The van der Waals surface area contributed by atoms with Crippen molar-refractivity contribution in [1.29, 1.82) is 0 Å². The zero-order chi connectivity index (χ0) is 20.8. The van der Waals surface area contributed by atoms with Gasteiger partial charge in [0.1, 0.15) is 5.75 Å². The summed E-state index contributed by atoms with van der Waals surface area (Å²) in [7, 11) is 1.59. The van der Waals surface area contributed by atoms with Crippen LogP contribution in [0.3, 0.4) is 0 Å². The molecular weight excluding hydrogens is 366 g/mol. The molecule has 6 nitrogen and oxygen atoms in total. The van der Waals surface area contributed by atoms with Gasteiger partial charge in [0.25, 0.3) is 11.8 Å². The predicted octanol–water partition coefficient (Wildman–Crippen LogP) is 3.78. The second-order valence-corrected chi connectivity index (χ2v) is 7.69. The van der Waals surface area contributed by atoms with Crippen molar-refractivity contribution >= 4 is 11.8 Å². The zero-order valence-corrected chi connectivity index (χ0v) is 17.6. The summed E-state index contributed by atoms with van der Waals surface area (Å²) in [6.07, 6.45) is 6.21. The average Bonchev–Trinajstić information content (AvgIpc) is 3.05. The number of nitrogens with zero attached hydrogens (tertiary/aromatic N) is 1. The van der Waals surface area contributed by atoms with Crippen LogP contribution in [0.2, 0.25) is 0 Å². The lowest BCUT2D eigenvalue weighted by atomic mass is 9.95. The van der Waals surface area contributed by atoms with Crippen LogP contribution >= 0.6 is 0 Å². The zero-order valence-electron chi connectivity index (χ0n) is 17.6. The number of aryl methyl sites for hydroxylation is 1. The van der Waals surface area contributed by atoms with Crippen LogP contribution in [0.15, 0.2) is 30.3 Å². The molecule has 0 unspecified atom stereocenters. The minimum atomic E-state index is -0.169. The molecule has 0 spiro atoms. The van der Waals surface area contributed by atoms with Crippen LogP contribution in [0.1, 0.15) is 70.2 Å². The Bertz CT molecular complexity index is 849. The second-order valence-electron chi connectivity index (χ2n) is 7.69. The molecule has 0 atom stereocenters. The molecule has 1 heterocycles. The Morgan fingerprint density at radius 2 is 1.62 bits per heavy atom. The molecule has 0 bridgehead atoms. The number of carbonyl (C=O) groups is 2. The van der Waals surface area contributed by atoms with Crippen LogP contribution in [0, 0.1) is 13.8 Å². The van der Waals surface area contributed by atoms with Gasteiger partial charge in [-0.05, 0) is 57.0 Å². The van der Waals surface area contributed by atoms with Crippen LogP contribution < -0.4 is 15.4 Å². The first-order valence-corrected chi connectivity index (χ1v) is 10.4. The van der Waals surface area contributed by atoms with Crippen LogP contribution in [-0.2, 0) is 0 Å². The smallest absolute Gasteiger partial charge is 0.253 e. The number of rotatable bonds is 7. The van der Waals surface area contributed by atoms with Gasteiger partial charge >= 0.3 is 0 Å². The van der Waals surface area contributed by atoms with E-state index in [4.69, 9.17) is 4.74 Å². The van der Waals surface area contributed by atoms with Crippen molar-refractivity contribution in [3.05, 3.63) is 52.8 Å². The van der Waals surface area contributed by atoms with E-state index in [1.54, 1.807) is 31.4 Å². The first kappa shape index (κ1) is 21.0. The molecule has 1 aliphatic carbocycles. The summed E-state index contributed by atoms with van der Waals surface area (Å²) in [5, 5.41) is 5.75. The molecule has 0 radical (unpaired) electrons. The molecule has 1 aromatic carbocycles. The standard InChI is InChI=1S/C23H31N3O3/c1-16-15-21(17(2)26(16)19-7-5-4-6-8-19)23(28)25-14-13-24-22(27)18-9-11-20(29-3)12-10-18/h9-12,15,19H,4-8,13-14H2,1-3H3,(H,24,27)(H,25,28). The molecule has 6 heteroatoms. The van der Waals surface area contributed by atoms with E-state index < -0.39 is 0 Å². The van der Waals surface area contributed by atoms with E-state index in [0.717, 1.165) is 17.0 Å². The topological polar surface area (TPSA) is 72.4 Å². The number of methoxy groups -OCH3 is 1. The molecule has 1 aromatic heterocycles. The highest BCUT2D eigenvalue weighted by Gasteiger charge is 2.22. The van der Waals surface area contributed by atoms with E-state index >= 15 is 0 Å². The van der Waals surface area contributed by atoms with Crippen LogP contribution in [0.5, 0.6) is 5.75 Å². The highest BCUT2D eigenvalue weighted by Crippen LogP contribution is 2.32. The van der Waals surface area contributed by atoms with E-state index in [1.807, 2.05) is 13.0 Å². The van der Waals surface area contributed by atoms with Gasteiger partial charge in [0.05, 0.1) is 12.7 Å². The average molecular weight is 398 g/mol. The molecule has 1 aliphatic rings. The molecule has 1 saturated carbocycles. The molecule has 3 rings (SSSR count). The van der Waals surface area contributed by atoms with Crippen LogP contribution in [0.25, 0.3) is 0 Å². The first-order valence-electron chi connectivity index (χ1n) is 10.4. The highest BCUT2D eigenvalue weighted by molar-refractivity contribution is 5.96. The van der Waals surface area contributed by atoms with Gasteiger partial charge in [0.15, 0.2) is 0 Å². The van der Waals surface area contributed by atoms with Crippen LogP contribution in [-0.4, -0.2) is 36.6 Å². The Morgan fingerprint density at radius 3 is 2.24 bits per heavy atom. The Balaban J connectivity index is 1.51. The molecule has 2 aromatic rings. The number of carbonyl (C=O) groups excluding carboxylic acids is 2. The van der Waals surface area contributed by atoms with Crippen molar-refractivity contribution < 1.29 is 14.3 Å². The SMILES string of the molecule is COc1ccc(C(=O)NCCNC(=O)c2cc(C)n(C3CCCCC3)c2C)cc1. The molecule has 0 saturated heterocycles. The number of aromatic nitrogens is 1. The third kappa shape index (κ3) is 5.00. The third-order valence-corrected chi connectivity index (χ3v) is 5.72. The maximum absolute atomic E-state index is 12.6. The van der Waals surface area contributed by atoms with Gasteiger partial charge < -0.3 is 19.9 Å². The van der Waals surface area contributed by atoms with E-state index in [-0.39, 0.29) is 11.8 Å². The molecule has 2 N–H and O–H groups in total. The summed E-state index contributed by atoms with van der Waals surface area (Å²) in [5.41, 5.74) is 3.48. The summed E-state index contributed by atoms with van der Waals surface area (Å²) < 4.78 is 7.43. The molecule has 0 aliphatic heterocycles. The second kappa shape index (κ2) is 9.63. The fraction of sp³-hybridized carbons (Fsp3) is 0.478. The van der Waals surface area contributed by atoms with Crippen molar-refractivity contribution in [2.45, 2.75) is 52.0 Å². The van der Waals surface area contributed by atoms with E-state index in [2.05, 4.69) is 22.1 Å². The van der Waals surface area contributed by atoms with Gasteiger partial charge in [-0.25, -0.2) is 0 Å². The first-order chi connectivity index (χ1) is 14.0. The fourth-order valence-corrected chi connectivity index (χ4v) is 4.20. The number of ether oxygens (including phenoxy) is 1. The Hall–Kier alpha value is -2.76. The monoisotopic (exact) mass is 397 g/mol. The lowest BCUT2D eigenvalue weighted by Crippen LogP contribution is -2.34. The van der Waals surface area contributed by atoms with Crippen molar-refractivity contribution in [3.63, 3.8) is 0 Å². The number of amides is 2. The number of benzene rings is 1. The van der Waals surface area contributed by atoms with E-state index in [0.29, 0.717) is 30.4 Å². The molecule has 2 amide bonds. The quantitative estimate of drug-likeness (QED) is 0.699. The molecular formula is C23H31N3O3. The molecule has 29 heavy (non-hydrogen) atoms. The maximum Gasteiger partial charge on any atom is 0.253 e. The maximum atomic E-state index is 12.6. The van der Waals surface area contributed by atoms with Gasteiger partial charge in [0, 0.05) is 36.1 Å². The number of hydrogen-bond acceptors (Lipinski definition) is 3. The van der Waals surface area contributed by atoms with Crippen molar-refractivity contribution in [2.75, 3.05) is 20.2 Å².